The number of hydrogen-bond donors (Lipinski definition) is 0. The predicted octanol–water partition coefficient (Wildman–Crippen LogP) is 9.18. The minimum Gasteiger partial charge on any atom is -0.236 e. The fourth-order valence-electron chi connectivity index (χ4n) is 6.20. The van der Waals surface area contributed by atoms with Crippen LogP contribution in [0.1, 0.15) is 76.6 Å². The van der Waals surface area contributed by atoms with Gasteiger partial charge in [0.05, 0.1) is 11.4 Å². The molecule has 0 spiro atoms. The molecule has 6 rings (SSSR count). The molecule has 1 heterocycles. The molecule has 0 radical (unpaired) electrons. The van der Waals surface area contributed by atoms with Crippen LogP contribution in [0.5, 0.6) is 0 Å². The molecule has 2 heteroatoms. The van der Waals surface area contributed by atoms with Gasteiger partial charge in [-0.3, -0.25) is 0 Å². The Labute approximate surface area is 214 Å². The molecular weight excluding hydrogens is 436 g/mol. The van der Waals surface area contributed by atoms with Crippen molar-refractivity contribution in [2.45, 2.75) is 65.2 Å². The van der Waals surface area contributed by atoms with Crippen LogP contribution >= 0.6 is 0 Å². The minimum absolute atomic E-state index is 0.109. The van der Waals surface area contributed by atoms with Gasteiger partial charge in [0, 0.05) is 22.1 Å². The Balaban J connectivity index is 1.68. The summed E-state index contributed by atoms with van der Waals surface area (Å²) in [7, 11) is 0. The second-order valence-corrected chi connectivity index (χ2v) is 12.2. The first-order valence-electron chi connectivity index (χ1n) is 13.0. The van der Waals surface area contributed by atoms with Crippen LogP contribution in [0.3, 0.4) is 0 Å². The summed E-state index contributed by atoms with van der Waals surface area (Å²) < 4.78 is 0. The number of rotatable bonds is 2. The van der Waals surface area contributed by atoms with Crippen molar-refractivity contribution in [3.05, 3.63) is 95.3 Å². The van der Waals surface area contributed by atoms with Crippen LogP contribution in [0.2, 0.25) is 0 Å². The number of nitrogens with zero attached hydrogens (tertiary/aromatic N) is 2. The van der Waals surface area contributed by atoms with Gasteiger partial charge in [-0.15, -0.1) is 0 Å². The molecule has 0 saturated heterocycles. The molecule has 0 aliphatic heterocycles. The van der Waals surface area contributed by atoms with Crippen LogP contribution in [0.25, 0.3) is 44.1 Å². The first-order chi connectivity index (χ1) is 17.1. The molecule has 1 aromatic heterocycles. The van der Waals surface area contributed by atoms with Crippen LogP contribution in [0, 0.1) is 0 Å². The summed E-state index contributed by atoms with van der Waals surface area (Å²) in [5.41, 5.74) is 9.91. The summed E-state index contributed by atoms with van der Waals surface area (Å²) >= 11 is 0. The van der Waals surface area contributed by atoms with Crippen molar-refractivity contribution in [2.24, 2.45) is 0 Å². The third-order valence-corrected chi connectivity index (χ3v) is 8.04. The van der Waals surface area contributed by atoms with E-state index >= 15 is 0 Å². The van der Waals surface area contributed by atoms with E-state index in [0.29, 0.717) is 5.92 Å². The Morgan fingerprint density at radius 1 is 0.722 bits per heavy atom. The lowest BCUT2D eigenvalue weighted by Gasteiger charge is -2.27. The van der Waals surface area contributed by atoms with Gasteiger partial charge < -0.3 is 0 Å². The molecule has 0 atom stereocenters. The molecule has 0 unspecified atom stereocenters. The van der Waals surface area contributed by atoms with Crippen LogP contribution < -0.4 is 0 Å². The SMILES string of the molecule is CC(C)c1cc2ccccc2c2c1C(C)(C)c1c(-c3cccc4cc(C(C)(C)C)ccc34)ncnc1-2. The summed E-state index contributed by atoms with van der Waals surface area (Å²) in [6.45, 7) is 16.1. The second-order valence-electron chi connectivity index (χ2n) is 12.2. The van der Waals surface area contributed by atoms with Gasteiger partial charge in [-0.05, 0) is 49.6 Å². The Hall–Kier alpha value is -3.52. The van der Waals surface area contributed by atoms with Crippen molar-refractivity contribution in [1.29, 1.82) is 0 Å². The highest BCUT2D eigenvalue weighted by molar-refractivity contribution is 6.05. The van der Waals surface area contributed by atoms with Gasteiger partial charge in [-0.2, -0.15) is 0 Å². The van der Waals surface area contributed by atoms with Gasteiger partial charge >= 0.3 is 0 Å². The second kappa shape index (κ2) is 7.74. The average Bonchev–Trinajstić information content (AvgIpc) is 3.10. The van der Waals surface area contributed by atoms with E-state index in [2.05, 4.69) is 115 Å². The highest BCUT2D eigenvalue weighted by Gasteiger charge is 2.42. The summed E-state index contributed by atoms with van der Waals surface area (Å²) in [5, 5.41) is 5.06. The highest BCUT2D eigenvalue weighted by Crippen LogP contribution is 2.55. The van der Waals surface area contributed by atoms with Crippen molar-refractivity contribution in [1.82, 2.24) is 9.97 Å². The molecule has 1 aliphatic rings. The third kappa shape index (κ3) is 3.24. The topological polar surface area (TPSA) is 25.8 Å². The lowest BCUT2D eigenvalue weighted by atomic mass is 9.76. The Kier molecular flexibility index (Phi) is 4.92. The molecule has 36 heavy (non-hydrogen) atoms. The van der Waals surface area contributed by atoms with E-state index < -0.39 is 0 Å². The van der Waals surface area contributed by atoms with E-state index in [1.54, 1.807) is 6.33 Å². The fraction of sp³-hybridized carbons (Fsp3) is 0.294. The molecule has 5 aromatic rings. The van der Waals surface area contributed by atoms with Crippen LogP contribution in [0.15, 0.2) is 73.1 Å². The van der Waals surface area contributed by atoms with E-state index in [9.17, 15) is 0 Å². The van der Waals surface area contributed by atoms with Crippen LogP contribution in [0.4, 0.5) is 0 Å². The zero-order chi connectivity index (χ0) is 25.4. The third-order valence-electron chi connectivity index (χ3n) is 8.04. The zero-order valence-electron chi connectivity index (χ0n) is 22.4. The van der Waals surface area contributed by atoms with Crippen molar-refractivity contribution < 1.29 is 0 Å². The number of aromatic nitrogens is 2. The normalized spacial score (nSPS) is 14.4. The van der Waals surface area contributed by atoms with E-state index in [1.165, 1.54) is 54.9 Å². The zero-order valence-corrected chi connectivity index (χ0v) is 22.4. The van der Waals surface area contributed by atoms with Crippen LogP contribution in [-0.4, -0.2) is 9.97 Å². The number of benzene rings is 4. The lowest BCUT2D eigenvalue weighted by molar-refractivity contribution is 0.591. The standard InChI is InChI=1S/C34H34N2/c1-20(2)27-18-22-11-8-9-13-25(22)28-29(27)34(6,7)30-31(35-19-36-32(28)30)26-14-10-12-21-17-23(33(3,4)5)15-16-24(21)26/h8-20H,1-7H3. The van der Waals surface area contributed by atoms with Crippen molar-refractivity contribution >= 4 is 21.5 Å². The molecule has 2 nitrogen and oxygen atoms in total. The lowest BCUT2D eigenvalue weighted by Crippen LogP contribution is -2.19. The first-order valence-corrected chi connectivity index (χ1v) is 13.0. The molecular formula is C34H34N2. The summed E-state index contributed by atoms with van der Waals surface area (Å²) in [6.07, 6.45) is 1.76. The summed E-state index contributed by atoms with van der Waals surface area (Å²) in [6, 6.07) is 24.7. The molecule has 0 amide bonds. The van der Waals surface area contributed by atoms with Crippen molar-refractivity contribution in [2.75, 3.05) is 0 Å². The fourth-order valence-corrected chi connectivity index (χ4v) is 6.20. The molecule has 1 aliphatic carbocycles. The number of fused-ring (bicyclic) bond motifs is 6. The largest absolute Gasteiger partial charge is 0.236 e. The summed E-state index contributed by atoms with van der Waals surface area (Å²) in [5.74, 6) is 0.418. The molecule has 0 saturated carbocycles. The average molecular weight is 471 g/mol. The predicted molar refractivity (Wildman–Crippen MR) is 153 cm³/mol. The molecule has 0 N–H and O–H groups in total. The van der Waals surface area contributed by atoms with E-state index in [0.717, 1.165) is 11.4 Å². The van der Waals surface area contributed by atoms with Crippen molar-refractivity contribution in [3.8, 4) is 22.5 Å². The first kappa shape index (κ1) is 22.9. The van der Waals surface area contributed by atoms with Gasteiger partial charge in [-0.25, -0.2) is 9.97 Å². The molecule has 180 valence electrons. The molecule has 0 bridgehead atoms. The monoisotopic (exact) mass is 470 g/mol. The van der Waals surface area contributed by atoms with Gasteiger partial charge in [-0.1, -0.05) is 115 Å². The Morgan fingerprint density at radius 3 is 2.17 bits per heavy atom. The quantitative estimate of drug-likeness (QED) is 0.257. The van der Waals surface area contributed by atoms with Gasteiger partial charge in [0.2, 0.25) is 0 Å². The maximum atomic E-state index is 4.96. The van der Waals surface area contributed by atoms with E-state index in [4.69, 9.17) is 9.97 Å². The van der Waals surface area contributed by atoms with E-state index in [-0.39, 0.29) is 10.8 Å². The van der Waals surface area contributed by atoms with E-state index in [1.807, 2.05) is 0 Å². The van der Waals surface area contributed by atoms with Gasteiger partial charge in [0.1, 0.15) is 6.33 Å². The molecule has 0 fully saturated rings. The highest BCUT2D eigenvalue weighted by atomic mass is 14.9. The maximum absolute atomic E-state index is 4.96. The smallest absolute Gasteiger partial charge is 0.116 e. The van der Waals surface area contributed by atoms with Gasteiger partial charge in [0.25, 0.3) is 0 Å². The molecule has 4 aromatic carbocycles. The minimum atomic E-state index is -0.210. The summed E-state index contributed by atoms with van der Waals surface area (Å²) in [4.78, 5) is 9.91. The van der Waals surface area contributed by atoms with Crippen LogP contribution in [-0.2, 0) is 10.8 Å². The Bertz CT molecular complexity index is 1670. The van der Waals surface area contributed by atoms with Crippen molar-refractivity contribution in [3.63, 3.8) is 0 Å². The Morgan fingerprint density at radius 2 is 1.42 bits per heavy atom. The van der Waals surface area contributed by atoms with Gasteiger partial charge in [0.15, 0.2) is 0 Å². The number of hydrogen-bond acceptors (Lipinski definition) is 2. The maximum Gasteiger partial charge on any atom is 0.116 e.